The lowest BCUT2D eigenvalue weighted by Crippen LogP contribution is -2.52. The molecule has 3 heteroatoms. The number of nitrogens with zero attached hydrogens (tertiary/aromatic N) is 1. The largest absolute Gasteiger partial charge is 0.333 e. The highest BCUT2D eigenvalue weighted by molar-refractivity contribution is 5.96. The van der Waals surface area contributed by atoms with Crippen LogP contribution in [0.15, 0.2) is 42.5 Å². The number of carbonyl (C=O) groups excluding carboxylic acids is 1. The van der Waals surface area contributed by atoms with Crippen molar-refractivity contribution in [2.75, 3.05) is 19.6 Å². The lowest BCUT2D eigenvalue weighted by molar-refractivity contribution is 0.0655. The number of benzene rings is 2. The highest BCUT2D eigenvalue weighted by Crippen LogP contribution is 2.36. The summed E-state index contributed by atoms with van der Waals surface area (Å²) in [6.45, 7) is 4.65. The number of rotatable bonds is 1. The van der Waals surface area contributed by atoms with Crippen LogP contribution in [0.3, 0.4) is 0 Å². The molecule has 3 nitrogen and oxygen atoms in total. The first-order valence-electron chi connectivity index (χ1n) is 7.97. The fourth-order valence-electron chi connectivity index (χ4n) is 3.59. The van der Waals surface area contributed by atoms with Gasteiger partial charge < -0.3 is 10.2 Å². The van der Waals surface area contributed by atoms with Gasteiger partial charge in [-0.2, -0.15) is 0 Å². The Hall–Kier alpha value is -2.13. The third-order valence-corrected chi connectivity index (χ3v) is 4.80. The van der Waals surface area contributed by atoms with Gasteiger partial charge in [-0.05, 0) is 47.7 Å². The molecule has 1 amide bonds. The first-order valence-corrected chi connectivity index (χ1v) is 7.97. The summed E-state index contributed by atoms with van der Waals surface area (Å²) in [5, 5.41) is 3.33. The van der Waals surface area contributed by atoms with Crippen LogP contribution >= 0.6 is 0 Å². The number of fused-ring (bicyclic) bond motifs is 3. The van der Waals surface area contributed by atoms with Crippen molar-refractivity contribution in [1.82, 2.24) is 10.2 Å². The van der Waals surface area contributed by atoms with E-state index in [-0.39, 0.29) is 11.9 Å². The SMILES string of the molecule is C[C@@H]1CNCCN1C(=O)c1ccc2c(c1)Cc1ccccc1-2. The molecule has 1 N–H and O–H groups in total. The van der Waals surface area contributed by atoms with Gasteiger partial charge in [-0.3, -0.25) is 4.79 Å². The van der Waals surface area contributed by atoms with E-state index in [1.165, 1.54) is 22.3 Å². The van der Waals surface area contributed by atoms with E-state index in [2.05, 4.69) is 48.6 Å². The van der Waals surface area contributed by atoms with E-state index in [0.717, 1.165) is 31.6 Å². The van der Waals surface area contributed by atoms with Gasteiger partial charge in [0.1, 0.15) is 0 Å². The van der Waals surface area contributed by atoms with Gasteiger partial charge in [0, 0.05) is 31.2 Å². The molecule has 4 rings (SSSR count). The Labute approximate surface area is 131 Å². The van der Waals surface area contributed by atoms with Crippen molar-refractivity contribution < 1.29 is 4.79 Å². The molecular formula is C19H20N2O. The Morgan fingerprint density at radius 1 is 1.14 bits per heavy atom. The maximum atomic E-state index is 12.8. The molecule has 0 radical (unpaired) electrons. The van der Waals surface area contributed by atoms with Gasteiger partial charge in [0.25, 0.3) is 5.91 Å². The Kier molecular flexibility index (Phi) is 3.23. The first-order chi connectivity index (χ1) is 10.7. The predicted molar refractivity (Wildman–Crippen MR) is 88.1 cm³/mol. The fourth-order valence-corrected chi connectivity index (χ4v) is 3.59. The highest BCUT2D eigenvalue weighted by atomic mass is 16.2. The van der Waals surface area contributed by atoms with Gasteiger partial charge >= 0.3 is 0 Å². The lowest BCUT2D eigenvalue weighted by Gasteiger charge is -2.34. The second kappa shape index (κ2) is 5.25. The van der Waals surface area contributed by atoms with Gasteiger partial charge in [0.15, 0.2) is 0 Å². The Bertz CT molecular complexity index is 738. The number of hydrogen-bond acceptors (Lipinski definition) is 2. The van der Waals surface area contributed by atoms with Crippen LogP contribution < -0.4 is 5.32 Å². The first kappa shape index (κ1) is 13.5. The molecule has 112 valence electrons. The van der Waals surface area contributed by atoms with Crippen molar-refractivity contribution in [3.05, 3.63) is 59.2 Å². The zero-order valence-corrected chi connectivity index (χ0v) is 12.8. The van der Waals surface area contributed by atoms with E-state index in [9.17, 15) is 4.79 Å². The zero-order valence-electron chi connectivity index (χ0n) is 12.8. The highest BCUT2D eigenvalue weighted by Gasteiger charge is 2.25. The van der Waals surface area contributed by atoms with E-state index in [4.69, 9.17) is 0 Å². The summed E-state index contributed by atoms with van der Waals surface area (Å²) in [4.78, 5) is 14.8. The van der Waals surface area contributed by atoms with Crippen LogP contribution in [0.5, 0.6) is 0 Å². The molecule has 1 aliphatic carbocycles. The summed E-state index contributed by atoms with van der Waals surface area (Å²) in [5.41, 5.74) is 6.04. The normalized spacial score (nSPS) is 19.7. The Morgan fingerprint density at radius 2 is 1.95 bits per heavy atom. The van der Waals surface area contributed by atoms with Crippen molar-refractivity contribution in [3.8, 4) is 11.1 Å². The molecule has 0 saturated carbocycles. The molecule has 1 fully saturated rings. The molecule has 22 heavy (non-hydrogen) atoms. The van der Waals surface area contributed by atoms with E-state index in [1.807, 2.05) is 11.0 Å². The molecule has 1 aliphatic heterocycles. The van der Waals surface area contributed by atoms with Crippen LogP contribution in [0.1, 0.15) is 28.4 Å². The summed E-state index contributed by atoms with van der Waals surface area (Å²) in [6, 6.07) is 14.9. The molecule has 2 aromatic carbocycles. The Morgan fingerprint density at radius 3 is 2.82 bits per heavy atom. The molecule has 2 aromatic rings. The summed E-state index contributed by atoms with van der Waals surface area (Å²) in [6.07, 6.45) is 0.934. The van der Waals surface area contributed by atoms with E-state index in [1.54, 1.807) is 0 Å². The summed E-state index contributed by atoms with van der Waals surface area (Å²) >= 11 is 0. The monoisotopic (exact) mass is 292 g/mol. The Balaban J connectivity index is 1.65. The summed E-state index contributed by atoms with van der Waals surface area (Å²) in [7, 11) is 0. The average Bonchev–Trinajstić information content (AvgIpc) is 2.92. The van der Waals surface area contributed by atoms with Gasteiger partial charge in [0.2, 0.25) is 0 Å². The van der Waals surface area contributed by atoms with Crippen LogP contribution in [-0.4, -0.2) is 36.5 Å². The molecule has 0 aromatic heterocycles. The van der Waals surface area contributed by atoms with Gasteiger partial charge in [-0.15, -0.1) is 0 Å². The summed E-state index contributed by atoms with van der Waals surface area (Å²) in [5.74, 6) is 0.160. The van der Waals surface area contributed by atoms with Crippen molar-refractivity contribution in [2.24, 2.45) is 0 Å². The van der Waals surface area contributed by atoms with Crippen LogP contribution in [-0.2, 0) is 6.42 Å². The number of nitrogens with one attached hydrogen (secondary N) is 1. The minimum Gasteiger partial charge on any atom is -0.333 e. The van der Waals surface area contributed by atoms with E-state index < -0.39 is 0 Å². The molecule has 2 aliphatic rings. The second-order valence-electron chi connectivity index (χ2n) is 6.26. The minimum atomic E-state index is 0.160. The van der Waals surface area contributed by atoms with E-state index in [0.29, 0.717) is 0 Å². The van der Waals surface area contributed by atoms with Crippen molar-refractivity contribution in [1.29, 1.82) is 0 Å². The molecular weight excluding hydrogens is 272 g/mol. The van der Waals surface area contributed by atoms with Crippen LogP contribution in [0, 0.1) is 0 Å². The lowest BCUT2D eigenvalue weighted by atomic mass is 10.0. The maximum absolute atomic E-state index is 12.8. The molecule has 1 heterocycles. The van der Waals surface area contributed by atoms with Gasteiger partial charge in [-0.1, -0.05) is 30.3 Å². The maximum Gasteiger partial charge on any atom is 0.254 e. The number of piperazine rings is 1. The molecule has 0 spiro atoms. The van der Waals surface area contributed by atoms with Gasteiger partial charge in [-0.25, -0.2) is 0 Å². The number of carbonyl (C=O) groups is 1. The minimum absolute atomic E-state index is 0.160. The van der Waals surface area contributed by atoms with Crippen LogP contribution in [0.4, 0.5) is 0 Å². The zero-order chi connectivity index (χ0) is 15.1. The molecule has 1 atom stereocenters. The van der Waals surface area contributed by atoms with Crippen molar-refractivity contribution in [3.63, 3.8) is 0 Å². The van der Waals surface area contributed by atoms with Crippen molar-refractivity contribution in [2.45, 2.75) is 19.4 Å². The third kappa shape index (κ3) is 2.13. The predicted octanol–water partition coefficient (Wildman–Crippen LogP) is 2.69. The topological polar surface area (TPSA) is 32.3 Å². The number of hydrogen-bond donors (Lipinski definition) is 1. The van der Waals surface area contributed by atoms with E-state index >= 15 is 0 Å². The average molecular weight is 292 g/mol. The van der Waals surface area contributed by atoms with Crippen LogP contribution in [0.25, 0.3) is 11.1 Å². The van der Waals surface area contributed by atoms with Crippen molar-refractivity contribution >= 4 is 5.91 Å². The third-order valence-electron chi connectivity index (χ3n) is 4.80. The summed E-state index contributed by atoms with van der Waals surface area (Å²) < 4.78 is 0. The van der Waals surface area contributed by atoms with Gasteiger partial charge in [0.05, 0.1) is 0 Å². The fraction of sp³-hybridized carbons (Fsp3) is 0.316. The smallest absolute Gasteiger partial charge is 0.254 e. The molecule has 0 bridgehead atoms. The second-order valence-corrected chi connectivity index (χ2v) is 6.26. The standard InChI is InChI=1S/C19H20N2O/c1-13-12-20-8-9-21(13)19(22)15-6-7-18-16(11-15)10-14-4-2-3-5-17(14)18/h2-7,11,13,20H,8-10,12H2,1H3/t13-/m1/s1. The quantitative estimate of drug-likeness (QED) is 0.748. The van der Waals surface area contributed by atoms with Crippen LogP contribution in [0.2, 0.25) is 0 Å². The number of amides is 1. The molecule has 0 unspecified atom stereocenters. The molecule has 1 saturated heterocycles.